The van der Waals surface area contributed by atoms with Crippen molar-refractivity contribution in [3.63, 3.8) is 0 Å². The summed E-state index contributed by atoms with van der Waals surface area (Å²) in [5.74, 6) is 0. The van der Waals surface area contributed by atoms with Gasteiger partial charge in [0.25, 0.3) is 0 Å². The molecule has 2 heteroatoms. The molecule has 2 aromatic carbocycles. The maximum atomic E-state index is 6.82. The summed E-state index contributed by atoms with van der Waals surface area (Å²) in [5.41, 5.74) is 0.479. The minimum Gasteiger partial charge on any atom is -0.344 e. The standard InChI is InChI=1S/C15H19NSi/c1-13(2)17(16,14-9-5-3-6-10-14)15-11-7-4-8-12-15/h3-13H,16H2,1-2H3. The molecule has 0 radical (unpaired) electrons. The van der Waals surface area contributed by atoms with Crippen LogP contribution in [0.5, 0.6) is 0 Å². The number of hydrogen-bond acceptors (Lipinski definition) is 1. The molecule has 2 aromatic rings. The number of hydrogen-bond donors (Lipinski definition) is 1. The van der Waals surface area contributed by atoms with E-state index in [1.54, 1.807) is 0 Å². The molecule has 0 aromatic heterocycles. The van der Waals surface area contributed by atoms with E-state index in [-0.39, 0.29) is 0 Å². The molecule has 0 heterocycles. The van der Waals surface area contributed by atoms with Crippen LogP contribution in [0.4, 0.5) is 0 Å². The van der Waals surface area contributed by atoms with Crippen molar-refractivity contribution in [2.75, 3.05) is 0 Å². The first-order valence-corrected chi connectivity index (χ1v) is 8.21. The third kappa shape index (κ3) is 2.19. The highest BCUT2D eigenvalue weighted by molar-refractivity contribution is 7.00. The lowest BCUT2D eigenvalue weighted by Gasteiger charge is -2.31. The first-order chi connectivity index (χ1) is 8.15. The molecule has 0 unspecified atom stereocenters. The van der Waals surface area contributed by atoms with Crippen molar-refractivity contribution < 1.29 is 0 Å². The van der Waals surface area contributed by atoms with Crippen molar-refractivity contribution in [2.45, 2.75) is 19.4 Å². The Labute approximate surface area is 104 Å². The fourth-order valence-corrected chi connectivity index (χ4v) is 5.42. The number of benzene rings is 2. The van der Waals surface area contributed by atoms with Gasteiger partial charge in [0.05, 0.1) is 0 Å². The molecule has 88 valence electrons. The van der Waals surface area contributed by atoms with Gasteiger partial charge in [-0.25, -0.2) is 0 Å². The van der Waals surface area contributed by atoms with Gasteiger partial charge < -0.3 is 5.40 Å². The highest BCUT2D eigenvalue weighted by Gasteiger charge is 2.36. The second kappa shape index (κ2) is 4.86. The lowest BCUT2D eigenvalue weighted by molar-refractivity contribution is 1.02. The Kier molecular flexibility index (Phi) is 3.45. The van der Waals surface area contributed by atoms with Crippen LogP contribution < -0.4 is 15.8 Å². The molecule has 2 N–H and O–H groups in total. The Bertz CT molecular complexity index is 425. The van der Waals surface area contributed by atoms with E-state index in [2.05, 4.69) is 62.4 Å². The van der Waals surface area contributed by atoms with E-state index < -0.39 is 8.24 Å². The molecule has 0 bridgehead atoms. The molecule has 1 nitrogen and oxygen atoms in total. The lowest BCUT2D eigenvalue weighted by atomic mass is 10.4. The van der Waals surface area contributed by atoms with Crippen molar-refractivity contribution in [2.24, 2.45) is 5.40 Å². The zero-order valence-electron chi connectivity index (χ0n) is 10.4. The molecule has 0 aliphatic heterocycles. The van der Waals surface area contributed by atoms with Crippen LogP contribution in [0.1, 0.15) is 13.8 Å². The Morgan fingerprint density at radius 2 is 1.12 bits per heavy atom. The van der Waals surface area contributed by atoms with E-state index in [1.807, 2.05) is 12.1 Å². The van der Waals surface area contributed by atoms with Gasteiger partial charge >= 0.3 is 0 Å². The van der Waals surface area contributed by atoms with Crippen LogP contribution >= 0.6 is 0 Å². The smallest absolute Gasteiger partial charge is 0.189 e. The maximum absolute atomic E-state index is 6.82. The summed E-state index contributed by atoms with van der Waals surface area (Å²) >= 11 is 0. The summed E-state index contributed by atoms with van der Waals surface area (Å²) in [6.45, 7) is 4.46. The van der Waals surface area contributed by atoms with Crippen molar-refractivity contribution in [1.82, 2.24) is 0 Å². The molecule has 0 saturated heterocycles. The van der Waals surface area contributed by atoms with Gasteiger partial charge in [-0.15, -0.1) is 0 Å². The fourth-order valence-electron chi connectivity index (χ4n) is 2.26. The van der Waals surface area contributed by atoms with Gasteiger partial charge in [-0.05, 0) is 15.9 Å². The third-order valence-electron chi connectivity index (χ3n) is 3.41. The summed E-state index contributed by atoms with van der Waals surface area (Å²) in [7, 11) is -2.08. The number of rotatable bonds is 3. The van der Waals surface area contributed by atoms with Gasteiger partial charge in [0.1, 0.15) is 0 Å². The maximum Gasteiger partial charge on any atom is 0.189 e. The Morgan fingerprint density at radius 1 is 0.765 bits per heavy atom. The second-order valence-corrected chi connectivity index (χ2v) is 8.80. The van der Waals surface area contributed by atoms with Crippen LogP contribution in [0.3, 0.4) is 0 Å². The summed E-state index contributed by atoms with van der Waals surface area (Å²) in [5, 5.41) is 9.44. The van der Waals surface area contributed by atoms with E-state index in [9.17, 15) is 0 Å². The fraction of sp³-hybridized carbons (Fsp3) is 0.200. The molecule has 0 aliphatic rings. The zero-order valence-corrected chi connectivity index (χ0v) is 11.4. The number of nitrogens with two attached hydrogens (primary N) is 1. The molecular formula is C15H19NSi. The molecule has 0 spiro atoms. The third-order valence-corrected chi connectivity index (χ3v) is 7.81. The summed E-state index contributed by atoms with van der Waals surface area (Å²) < 4.78 is 0. The monoisotopic (exact) mass is 241 g/mol. The van der Waals surface area contributed by atoms with Gasteiger partial charge in [-0.3, -0.25) is 0 Å². The van der Waals surface area contributed by atoms with Gasteiger partial charge in [-0.1, -0.05) is 74.5 Å². The summed E-state index contributed by atoms with van der Waals surface area (Å²) in [6, 6.07) is 21.1. The van der Waals surface area contributed by atoms with Crippen molar-refractivity contribution >= 4 is 18.6 Å². The molecular weight excluding hydrogens is 222 g/mol. The quantitative estimate of drug-likeness (QED) is 0.819. The molecule has 0 aliphatic carbocycles. The van der Waals surface area contributed by atoms with Gasteiger partial charge in [0, 0.05) is 0 Å². The molecule has 0 atom stereocenters. The topological polar surface area (TPSA) is 26.0 Å². The van der Waals surface area contributed by atoms with Crippen LogP contribution in [-0.2, 0) is 0 Å². The predicted molar refractivity (Wildman–Crippen MR) is 77.2 cm³/mol. The van der Waals surface area contributed by atoms with E-state index in [4.69, 9.17) is 5.40 Å². The molecule has 0 saturated carbocycles. The van der Waals surface area contributed by atoms with Gasteiger partial charge in [-0.2, -0.15) is 0 Å². The Morgan fingerprint density at radius 3 is 1.41 bits per heavy atom. The average Bonchev–Trinajstić information content (AvgIpc) is 2.39. The lowest BCUT2D eigenvalue weighted by Crippen LogP contribution is -2.68. The van der Waals surface area contributed by atoms with E-state index in [0.29, 0.717) is 5.54 Å². The first kappa shape index (κ1) is 12.1. The molecule has 17 heavy (non-hydrogen) atoms. The SMILES string of the molecule is CC(C)[Si](N)(c1ccccc1)c1ccccc1. The highest BCUT2D eigenvalue weighted by atomic mass is 28.3. The van der Waals surface area contributed by atoms with Crippen molar-refractivity contribution in [3.05, 3.63) is 60.7 Å². The van der Waals surface area contributed by atoms with Crippen molar-refractivity contribution in [3.8, 4) is 0 Å². The second-order valence-electron chi connectivity index (χ2n) is 4.76. The van der Waals surface area contributed by atoms with Crippen LogP contribution in [0, 0.1) is 0 Å². The summed E-state index contributed by atoms with van der Waals surface area (Å²) in [6.07, 6.45) is 0. The molecule has 2 rings (SSSR count). The van der Waals surface area contributed by atoms with Gasteiger partial charge in [0.15, 0.2) is 8.24 Å². The minimum atomic E-state index is -2.08. The molecule has 0 amide bonds. The van der Waals surface area contributed by atoms with Crippen LogP contribution in [-0.4, -0.2) is 8.24 Å². The van der Waals surface area contributed by atoms with E-state index in [0.717, 1.165) is 0 Å². The molecule has 0 fully saturated rings. The van der Waals surface area contributed by atoms with Gasteiger partial charge in [0.2, 0.25) is 0 Å². The zero-order chi connectivity index (χ0) is 12.3. The predicted octanol–water partition coefficient (Wildman–Crippen LogP) is 2.11. The summed E-state index contributed by atoms with van der Waals surface area (Å²) in [4.78, 5) is 0. The highest BCUT2D eigenvalue weighted by Crippen LogP contribution is 2.15. The Hall–Kier alpha value is -1.38. The first-order valence-electron chi connectivity index (χ1n) is 6.05. The Balaban J connectivity index is 2.55. The van der Waals surface area contributed by atoms with E-state index in [1.165, 1.54) is 10.4 Å². The largest absolute Gasteiger partial charge is 0.344 e. The minimum absolute atomic E-state index is 0.479. The van der Waals surface area contributed by atoms with Crippen molar-refractivity contribution in [1.29, 1.82) is 0 Å². The normalized spacial score (nSPS) is 11.8. The van der Waals surface area contributed by atoms with Crippen LogP contribution in [0.25, 0.3) is 0 Å². The van der Waals surface area contributed by atoms with Crippen LogP contribution in [0.15, 0.2) is 60.7 Å². The van der Waals surface area contributed by atoms with E-state index >= 15 is 0 Å². The van der Waals surface area contributed by atoms with Crippen LogP contribution in [0.2, 0.25) is 5.54 Å². The average molecular weight is 241 g/mol.